The zero-order chi connectivity index (χ0) is 9.42. The summed E-state index contributed by atoms with van der Waals surface area (Å²) in [7, 11) is 0. The number of aliphatic carboxylic acids is 1. The zero-order valence-corrected chi connectivity index (χ0v) is 7.32. The van der Waals surface area contributed by atoms with Crippen LogP contribution >= 0.6 is 0 Å². The average Bonchev–Trinajstić information content (AvgIpc) is 2.45. The second kappa shape index (κ2) is 2.73. The molecule has 66 valence electrons. The van der Waals surface area contributed by atoms with Crippen molar-refractivity contribution in [2.75, 3.05) is 0 Å². The van der Waals surface area contributed by atoms with Crippen molar-refractivity contribution in [2.45, 2.75) is 12.8 Å². The van der Waals surface area contributed by atoms with Crippen molar-refractivity contribution in [2.24, 2.45) is 0 Å². The van der Waals surface area contributed by atoms with E-state index < -0.39 is 5.97 Å². The summed E-state index contributed by atoms with van der Waals surface area (Å²) in [5, 5.41) is 8.89. The third-order valence-electron chi connectivity index (χ3n) is 2.49. The quantitative estimate of drug-likeness (QED) is 0.709. The monoisotopic (exact) mass is 174 g/mol. The van der Waals surface area contributed by atoms with Gasteiger partial charge in [-0.3, -0.25) is 0 Å². The summed E-state index contributed by atoms with van der Waals surface area (Å²) in [6, 6.07) is 7.79. The van der Waals surface area contributed by atoms with E-state index in [-0.39, 0.29) is 5.92 Å². The van der Waals surface area contributed by atoms with Crippen LogP contribution in [-0.2, 0) is 4.79 Å². The third-order valence-corrected chi connectivity index (χ3v) is 2.49. The minimum absolute atomic E-state index is 0.0219. The molecule has 0 saturated carbocycles. The van der Waals surface area contributed by atoms with Crippen molar-refractivity contribution >= 4 is 12.0 Å². The molecule has 2 heteroatoms. The van der Waals surface area contributed by atoms with Gasteiger partial charge in [-0.2, -0.15) is 0 Å². The number of fused-ring (bicyclic) bond motifs is 1. The van der Waals surface area contributed by atoms with Crippen LogP contribution in [0, 0.1) is 0 Å². The molecular weight excluding hydrogens is 164 g/mol. The van der Waals surface area contributed by atoms with E-state index in [0.717, 1.165) is 11.1 Å². The molecule has 1 aliphatic rings. The minimum Gasteiger partial charge on any atom is -0.478 e. The highest BCUT2D eigenvalue weighted by molar-refractivity contribution is 5.96. The maximum Gasteiger partial charge on any atom is 0.332 e. The first-order valence-electron chi connectivity index (χ1n) is 4.24. The van der Waals surface area contributed by atoms with Crippen LogP contribution in [0.5, 0.6) is 0 Å². The largest absolute Gasteiger partial charge is 0.478 e. The van der Waals surface area contributed by atoms with Crippen molar-refractivity contribution < 1.29 is 9.90 Å². The third kappa shape index (κ3) is 1.15. The Hall–Kier alpha value is -1.57. The Balaban J connectivity index is 2.50. The summed E-state index contributed by atoms with van der Waals surface area (Å²) >= 11 is 0. The predicted octanol–water partition coefficient (Wildman–Crippen LogP) is 2.27. The molecule has 1 aromatic rings. The second-order valence-corrected chi connectivity index (χ2v) is 3.26. The smallest absolute Gasteiger partial charge is 0.332 e. The topological polar surface area (TPSA) is 37.3 Å². The molecule has 0 unspecified atom stereocenters. The van der Waals surface area contributed by atoms with Gasteiger partial charge in [-0.05, 0) is 17.2 Å². The van der Waals surface area contributed by atoms with Crippen LogP contribution < -0.4 is 0 Å². The molecule has 0 amide bonds. The second-order valence-electron chi connectivity index (χ2n) is 3.26. The van der Waals surface area contributed by atoms with E-state index in [4.69, 9.17) is 5.11 Å². The zero-order valence-electron chi connectivity index (χ0n) is 7.32. The molecule has 2 rings (SSSR count). The molecule has 1 aromatic carbocycles. The lowest BCUT2D eigenvalue weighted by Crippen LogP contribution is -2.03. The maximum absolute atomic E-state index is 10.8. The fourth-order valence-electron chi connectivity index (χ4n) is 1.74. The fraction of sp³-hybridized carbons (Fsp3) is 0.182. The Bertz CT molecular complexity index is 391. The van der Waals surface area contributed by atoms with E-state index in [9.17, 15) is 4.79 Å². The standard InChI is InChI=1S/C11H10O2/c1-7-9-5-3-2-4-8(9)6-10(7)11(12)13/h2-7H,1H3,(H,12,13)/t7-/m0/s1. The van der Waals surface area contributed by atoms with Crippen molar-refractivity contribution in [3.05, 3.63) is 41.0 Å². The van der Waals surface area contributed by atoms with Crippen molar-refractivity contribution in [3.63, 3.8) is 0 Å². The van der Waals surface area contributed by atoms with Gasteiger partial charge in [0.1, 0.15) is 0 Å². The van der Waals surface area contributed by atoms with E-state index in [0.29, 0.717) is 5.57 Å². The highest BCUT2D eigenvalue weighted by Gasteiger charge is 2.24. The number of carboxylic acid groups (broad SMARTS) is 1. The summed E-state index contributed by atoms with van der Waals surface area (Å²) in [4.78, 5) is 10.8. The van der Waals surface area contributed by atoms with Gasteiger partial charge in [0.25, 0.3) is 0 Å². The molecule has 13 heavy (non-hydrogen) atoms. The first-order valence-corrected chi connectivity index (χ1v) is 4.24. The maximum atomic E-state index is 10.8. The van der Waals surface area contributed by atoms with Gasteiger partial charge in [0.05, 0.1) is 0 Å². The highest BCUT2D eigenvalue weighted by atomic mass is 16.4. The molecule has 1 aliphatic carbocycles. The molecule has 0 bridgehead atoms. The van der Waals surface area contributed by atoms with Gasteiger partial charge in [-0.15, -0.1) is 0 Å². The fourth-order valence-corrected chi connectivity index (χ4v) is 1.74. The Labute approximate surface area is 76.5 Å². The molecule has 0 aliphatic heterocycles. The minimum atomic E-state index is -0.816. The number of carbonyl (C=O) groups is 1. The van der Waals surface area contributed by atoms with E-state index in [2.05, 4.69) is 0 Å². The van der Waals surface area contributed by atoms with Crippen LogP contribution in [0.25, 0.3) is 6.08 Å². The molecule has 1 N–H and O–H groups in total. The SMILES string of the molecule is C[C@@H]1C(C(=O)O)=Cc2ccccc21. The van der Waals surface area contributed by atoms with E-state index >= 15 is 0 Å². The summed E-state index contributed by atoms with van der Waals surface area (Å²) < 4.78 is 0. The molecule has 0 aromatic heterocycles. The molecule has 0 saturated heterocycles. The summed E-state index contributed by atoms with van der Waals surface area (Å²) in [5.41, 5.74) is 2.63. The first-order chi connectivity index (χ1) is 6.20. The lowest BCUT2D eigenvalue weighted by atomic mass is 9.98. The van der Waals surface area contributed by atoms with Gasteiger partial charge >= 0.3 is 5.97 Å². The number of benzene rings is 1. The molecule has 1 atom stereocenters. The number of hydrogen-bond acceptors (Lipinski definition) is 1. The number of carboxylic acids is 1. The van der Waals surface area contributed by atoms with Gasteiger partial charge in [0.2, 0.25) is 0 Å². The lowest BCUT2D eigenvalue weighted by Gasteiger charge is -2.06. The van der Waals surface area contributed by atoms with Crippen molar-refractivity contribution in [1.82, 2.24) is 0 Å². The van der Waals surface area contributed by atoms with Gasteiger partial charge < -0.3 is 5.11 Å². The molecule has 0 radical (unpaired) electrons. The lowest BCUT2D eigenvalue weighted by molar-refractivity contribution is -0.132. The van der Waals surface area contributed by atoms with Gasteiger partial charge in [-0.1, -0.05) is 31.2 Å². The normalized spacial score (nSPS) is 19.5. The molecule has 0 heterocycles. The Morgan fingerprint density at radius 3 is 2.69 bits per heavy atom. The summed E-state index contributed by atoms with van der Waals surface area (Å²) in [6.07, 6.45) is 1.75. The molecule has 2 nitrogen and oxygen atoms in total. The van der Waals surface area contributed by atoms with Crippen molar-refractivity contribution in [3.8, 4) is 0 Å². The Kier molecular flexibility index (Phi) is 1.69. The van der Waals surface area contributed by atoms with Crippen LogP contribution in [0.3, 0.4) is 0 Å². The van der Waals surface area contributed by atoms with E-state index in [1.165, 1.54) is 0 Å². The van der Waals surface area contributed by atoms with Crippen LogP contribution in [0.1, 0.15) is 24.0 Å². The predicted molar refractivity (Wildman–Crippen MR) is 50.5 cm³/mol. The van der Waals surface area contributed by atoms with E-state index in [1.807, 2.05) is 31.2 Å². The summed E-state index contributed by atoms with van der Waals surface area (Å²) in [6.45, 7) is 1.92. The molecule has 0 spiro atoms. The first kappa shape index (κ1) is 8.05. The van der Waals surface area contributed by atoms with E-state index in [1.54, 1.807) is 6.08 Å². The average molecular weight is 174 g/mol. The Morgan fingerprint density at radius 2 is 2.08 bits per heavy atom. The van der Waals surface area contributed by atoms with Crippen molar-refractivity contribution in [1.29, 1.82) is 0 Å². The molecular formula is C11H10O2. The number of hydrogen-bond donors (Lipinski definition) is 1. The Morgan fingerprint density at radius 1 is 1.38 bits per heavy atom. The van der Waals surface area contributed by atoms with Crippen LogP contribution in [-0.4, -0.2) is 11.1 Å². The van der Waals surface area contributed by atoms with Gasteiger partial charge in [0.15, 0.2) is 0 Å². The summed E-state index contributed by atoms with van der Waals surface area (Å²) in [5.74, 6) is -0.794. The molecule has 0 fully saturated rings. The van der Waals surface area contributed by atoms with Crippen LogP contribution in [0.2, 0.25) is 0 Å². The highest BCUT2D eigenvalue weighted by Crippen LogP contribution is 2.35. The number of rotatable bonds is 1. The van der Waals surface area contributed by atoms with Crippen LogP contribution in [0.4, 0.5) is 0 Å². The van der Waals surface area contributed by atoms with Gasteiger partial charge in [-0.25, -0.2) is 4.79 Å². The van der Waals surface area contributed by atoms with Gasteiger partial charge in [0, 0.05) is 11.5 Å². The van der Waals surface area contributed by atoms with Crippen LogP contribution in [0.15, 0.2) is 29.8 Å².